The number of hydrogen-bond acceptors (Lipinski definition) is 3. The van der Waals surface area contributed by atoms with Crippen molar-refractivity contribution >= 4 is 80.9 Å². The number of nitrogens with zero attached hydrogens (tertiary/aromatic N) is 2. The maximum atomic E-state index is 4.41. The summed E-state index contributed by atoms with van der Waals surface area (Å²) in [6, 6.07) is 52.8. The average molecular weight is 579 g/mol. The van der Waals surface area contributed by atoms with Crippen molar-refractivity contribution in [2.24, 2.45) is 0 Å². The van der Waals surface area contributed by atoms with Crippen LogP contribution in [-0.2, 0) is 0 Å². The van der Waals surface area contributed by atoms with Gasteiger partial charge in [0.25, 0.3) is 0 Å². The lowest BCUT2D eigenvalue weighted by atomic mass is 9.91. The molecule has 0 spiro atoms. The molecule has 0 unspecified atom stereocenters. The Hall–Kier alpha value is -5.51. The molecule has 2 nitrogen and oxygen atoms in total. The summed E-state index contributed by atoms with van der Waals surface area (Å²) in [6.07, 6.45) is 3.86. The highest BCUT2D eigenvalue weighted by atomic mass is 32.1. The molecule has 0 saturated carbocycles. The standard InChI is InChI=1S/C41H26N2S/c1-2-10-29(11-3-1)43(39-16-8-15-35-38-26-42-24-23-40(38)44-41(35)39)30-20-17-28(18-21-30)36-25-37-31-12-5-4-9-27(31)19-22-34(37)32-13-6-7-14-33(32)36/h1-26H. The summed E-state index contributed by atoms with van der Waals surface area (Å²) in [5.41, 5.74) is 5.88. The van der Waals surface area contributed by atoms with Gasteiger partial charge in [0.2, 0.25) is 0 Å². The number of para-hydroxylation sites is 1. The van der Waals surface area contributed by atoms with E-state index in [1.165, 1.54) is 69.3 Å². The Bertz CT molecular complexity index is 2490. The first kappa shape index (κ1) is 25.0. The second-order valence-corrected chi connectivity index (χ2v) is 12.2. The summed E-state index contributed by atoms with van der Waals surface area (Å²) < 4.78 is 2.51. The Morgan fingerprint density at radius 1 is 0.477 bits per heavy atom. The van der Waals surface area contributed by atoms with E-state index in [1.807, 2.05) is 23.7 Å². The van der Waals surface area contributed by atoms with Crippen LogP contribution in [0.3, 0.4) is 0 Å². The van der Waals surface area contributed by atoms with Crippen molar-refractivity contribution in [3.05, 3.63) is 158 Å². The van der Waals surface area contributed by atoms with Gasteiger partial charge >= 0.3 is 0 Å². The van der Waals surface area contributed by atoms with E-state index < -0.39 is 0 Å². The molecule has 44 heavy (non-hydrogen) atoms. The zero-order valence-corrected chi connectivity index (χ0v) is 24.6. The van der Waals surface area contributed by atoms with Crippen molar-refractivity contribution in [2.45, 2.75) is 0 Å². The summed E-state index contributed by atoms with van der Waals surface area (Å²) in [5, 5.41) is 10.1. The number of rotatable bonds is 4. The monoisotopic (exact) mass is 578 g/mol. The molecule has 0 bridgehead atoms. The molecule has 9 aromatic rings. The van der Waals surface area contributed by atoms with Crippen molar-refractivity contribution in [1.82, 2.24) is 4.98 Å². The maximum absolute atomic E-state index is 4.41. The molecule has 0 fully saturated rings. The third-order valence-electron chi connectivity index (χ3n) is 8.74. The quantitative estimate of drug-likeness (QED) is 0.193. The van der Waals surface area contributed by atoms with Crippen LogP contribution in [0.25, 0.3) is 63.6 Å². The van der Waals surface area contributed by atoms with Gasteiger partial charge < -0.3 is 4.90 Å². The van der Waals surface area contributed by atoms with Crippen LogP contribution in [0.1, 0.15) is 0 Å². The van der Waals surface area contributed by atoms with Gasteiger partial charge in [0.15, 0.2) is 0 Å². The van der Waals surface area contributed by atoms with Crippen molar-refractivity contribution in [3.63, 3.8) is 0 Å². The van der Waals surface area contributed by atoms with E-state index in [-0.39, 0.29) is 0 Å². The lowest BCUT2D eigenvalue weighted by Crippen LogP contribution is -2.09. The van der Waals surface area contributed by atoms with Crippen molar-refractivity contribution in [1.29, 1.82) is 0 Å². The third kappa shape index (κ3) is 3.90. The molecule has 7 aromatic carbocycles. The molecule has 0 radical (unpaired) electrons. The Morgan fingerprint density at radius 3 is 2.05 bits per heavy atom. The Kier molecular flexibility index (Phi) is 5.71. The fourth-order valence-corrected chi connectivity index (χ4v) is 7.87. The van der Waals surface area contributed by atoms with E-state index in [0.29, 0.717) is 0 Å². The SMILES string of the molecule is c1ccc(N(c2ccc(-c3cc4c5ccccc5ccc4c4ccccc34)cc2)c2cccc3c2sc2ccncc23)cc1. The minimum atomic E-state index is 1.12. The fourth-order valence-electron chi connectivity index (χ4n) is 6.70. The number of aromatic nitrogens is 1. The van der Waals surface area contributed by atoms with E-state index in [0.717, 1.165) is 11.4 Å². The number of hydrogen-bond donors (Lipinski definition) is 0. The largest absolute Gasteiger partial charge is 0.309 e. The van der Waals surface area contributed by atoms with E-state index >= 15 is 0 Å². The van der Waals surface area contributed by atoms with E-state index in [1.54, 1.807) is 0 Å². The third-order valence-corrected chi connectivity index (χ3v) is 9.95. The molecule has 0 aliphatic carbocycles. The molecule has 0 atom stereocenters. The van der Waals surface area contributed by atoms with Gasteiger partial charge in [-0.25, -0.2) is 0 Å². The first-order valence-electron chi connectivity index (χ1n) is 14.9. The molecule has 206 valence electrons. The number of pyridine rings is 1. The average Bonchev–Trinajstić information content (AvgIpc) is 3.48. The molecular formula is C41H26N2S. The zero-order chi connectivity index (χ0) is 29.0. The Balaban J connectivity index is 1.24. The highest BCUT2D eigenvalue weighted by Crippen LogP contribution is 2.45. The van der Waals surface area contributed by atoms with Gasteiger partial charge in [0.05, 0.1) is 10.4 Å². The van der Waals surface area contributed by atoms with Gasteiger partial charge in [-0.2, -0.15) is 0 Å². The Labute approximate surface area is 259 Å². The maximum Gasteiger partial charge on any atom is 0.0640 e. The normalized spacial score (nSPS) is 11.6. The predicted molar refractivity (Wildman–Crippen MR) is 190 cm³/mol. The summed E-state index contributed by atoms with van der Waals surface area (Å²) in [4.78, 5) is 6.79. The van der Waals surface area contributed by atoms with Gasteiger partial charge in [-0.05, 0) is 85.9 Å². The first-order chi connectivity index (χ1) is 21.8. The van der Waals surface area contributed by atoms with Crippen molar-refractivity contribution in [3.8, 4) is 11.1 Å². The molecule has 0 amide bonds. The van der Waals surface area contributed by atoms with E-state index in [4.69, 9.17) is 0 Å². The zero-order valence-electron chi connectivity index (χ0n) is 23.8. The van der Waals surface area contributed by atoms with Crippen molar-refractivity contribution < 1.29 is 0 Å². The summed E-state index contributed by atoms with van der Waals surface area (Å²) in [7, 11) is 0. The second-order valence-electron chi connectivity index (χ2n) is 11.2. The van der Waals surface area contributed by atoms with Gasteiger partial charge in [-0.3, -0.25) is 4.98 Å². The topological polar surface area (TPSA) is 16.1 Å². The molecule has 0 aliphatic rings. The lowest BCUT2D eigenvalue weighted by molar-refractivity contribution is 1.30. The number of thiophene rings is 1. The van der Waals surface area contributed by atoms with Crippen LogP contribution in [0.15, 0.2) is 158 Å². The second kappa shape index (κ2) is 10.0. The highest BCUT2D eigenvalue weighted by molar-refractivity contribution is 7.26. The number of benzene rings is 7. The lowest BCUT2D eigenvalue weighted by Gasteiger charge is -2.26. The van der Waals surface area contributed by atoms with Crippen LogP contribution in [0.4, 0.5) is 17.1 Å². The van der Waals surface area contributed by atoms with Crippen LogP contribution in [0.5, 0.6) is 0 Å². The van der Waals surface area contributed by atoms with Crippen LogP contribution >= 0.6 is 11.3 Å². The van der Waals surface area contributed by atoms with Crippen LogP contribution in [-0.4, -0.2) is 4.98 Å². The fraction of sp³-hybridized carbons (Fsp3) is 0. The molecule has 3 heteroatoms. The van der Waals surface area contributed by atoms with Crippen molar-refractivity contribution in [2.75, 3.05) is 4.90 Å². The van der Waals surface area contributed by atoms with E-state index in [9.17, 15) is 0 Å². The first-order valence-corrected chi connectivity index (χ1v) is 15.7. The smallest absolute Gasteiger partial charge is 0.0640 e. The molecule has 0 aliphatic heterocycles. The summed E-state index contributed by atoms with van der Waals surface area (Å²) in [6.45, 7) is 0. The number of anilines is 3. The van der Waals surface area contributed by atoms with Gasteiger partial charge in [0.1, 0.15) is 0 Å². The minimum Gasteiger partial charge on any atom is -0.309 e. The van der Waals surface area contributed by atoms with E-state index in [2.05, 4.69) is 155 Å². The predicted octanol–water partition coefficient (Wildman–Crippen LogP) is 12.0. The van der Waals surface area contributed by atoms with Crippen LogP contribution in [0.2, 0.25) is 0 Å². The van der Waals surface area contributed by atoms with Gasteiger partial charge in [-0.1, -0.05) is 103 Å². The van der Waals surface area contributed by atoms with Crippen LogP contribution < -0.4 is 4.90 Å². The number of fused-ring (bicyclic) bond motifs is 8. The molecule has 0 saturated heterocycles. The highest BCUT2D eigenvalue weighted by Gasteiger charge is 2.18. The molecular weight excluding hydrogens is 553 g/mol. The van der Waals surface area contributed by atoms with Crippen LogP contribution in [0, 0.1) is 0 Å². The van der Waals surface area contributed by atoms with Gasteiger partial charge in [0, 0.05) is 39.2 Å². The molecule has 2 aromatic heterocycles. The van der Waals surface area contributed by atoms with Gasteiger partial charge in [-0.15, -0.1) is 11.3 Å². The summed E-state index contributed by atoms with van der Waals surface area (Å²) >= 11 is 1.83. The minimum absolute atomic E-state index is 1.12. The molecule has 0 N–H and O–H groups in total. The molecule has 9 rings (SSSR count). The summed E-state index contributed by atoms with van der Waals surface area (Å²) in [5.74, 6) is 0. The molecule has 2 heterocycles. The Morgan fingerprint density at radius 2 is 1.18 bits per heavy atom.